The number of ether oxygens (including phenoxy) is 1. The number of carbonyl (C=O) groups excluding carboxylic acids is 1. The molecule has 0 saturated carbocycles. The summed E-state index contributed by atoms with van der Waals surface area (Å²) in [6.07, 6.45) is 1.52. The number of halogens is 1. The Kier molecular flexibility index (Phi) is 6.23. The van der Waals surface area contributed by atoms with Crippen molar-refractivity contribution >= 4 is 23.5 Å². The molecule has 8 nitrogen and oxygen atoms in total. The van der Waals surface area contributed by atoms with Crippen molar-refractivity contribution in [2.45, 2.75) is 33.9 Å². The lowest BCUT2D eigenvalue weighted by molar-refractivity contribution is 0.101. The highest BCUT2D eigenvalue weighted by Gasteiger charge is 2.22. The summed E-state index contributed by atoms with van der Waals surface area (Å²) in [6, 6.07) is 13.4. The molecule has 0 bridgehead atoms. The number of hydrogen-bond donors (Lipinski definition) is 1. The van der Waals surface area contributed by atoms with Gasteiger partial charge in [-0.1, -0.05) is 41.0 Å². The lowest BCUT2D eigenvalue weighted by Gasteiger charge is -2.08. The van der Waals surface area contributed by atoms with Crippen LogP contribution in [0.2, 0.25) is 5.02 Å². The lowest BCUT2D eigenvalue weighted by atomic mass is 10.1. The summed E-state index contributed by atoms with van der Waals surface area (Å²) in [7, 11) is 0. The van der Waals surface area contributed by atoms with Gasteiger partial charge in [-0.2, -0.15) is 0 Å². The van der Waals surface area contributed by atoms with Crippen LogP contribution >= 0.6 is 11.6 Å². The Morgan fingerprint density at radius 2 is 1.91 bits per heavy atom. The maximum absolute atomic E-state index is 12.8. The van der Waals surface area contributed by atoms with Gasteiger partial charge < -0.3 is 9.26 Å². The zero-order valence-electron chi connectivity index (χ0n) is 17.9. The fourth-order valence-corrected chi connectivity index (χ4v) is 3.50. The van der Waals surface area contributed by atoms with E-state index in [0.29, 0.717) is 22.9 Å². The molecule has 2 aromatic carbocycles. The van der Waals surface area contributed by atoms with Crippen LogP contribution in [-0.2, 0) is 13.2 Å². The van der Waals surface area contributed by atoms with Crippen molar-refractivity contribution in [3.63, 3.8) is 0 Å². The quantitative estimate of drug-likeness (QED) is 0.436. The number of amides is 1. The smallest absolute Gasteiger partial charge is 0.280 e. The number of nitrogens with one attached hydrogen (secondary N) is 1. The van der Waals surface area contributed by atoms with E-state index < -0.39 is 5.91 Å². The molecule has 0 unspecified atom stereocenters. The van der Waals surface area contributed by atoms with Crippen LogP contribution in [0.25, 0.3) is 0 Å². The van der Waals surface area contributed by atoms with E-state index in [1.165, 1.54) is 6.33 Å². The standard InChI is InChI=1S/C23H22ClN5O3/c1-14-8-15(2)10-18(9-14)31-12-19-16(3)32-28-21(19)22(30)26-23-25-13-29(27-23)11-17-6-4-5-7-20(17)24/h4-10,13H,11-12H2,1-3H3,(H,26,27,30). The number of carbonyl (C=O) groups is 1. The van der Waals surface area contributed by atoms with Crippen molar-refractivity contribution < 1.29 is 14.1 Å². The number of nitrogens with zero attached hydrogens (tertiary/aromatic N) is 4. The molecule has 4 rings (SSSR count). The highest BCUT2D eigenvalue weighted by molar-refractivity contribution is 6.31. The molecule has 9 heteroatoms. The average Bonchev–Trinajstić information content (AvgIpc) is 3.33. The van der Waals surface area contributed by atoms with Crippen LogP contribution in [0, 0.1) is 20.8 Å². The Hall–Kier alpha value is -3.65. The lowest BCUT2D eigenvalue weighted by Crippen LogP contribution is -2.16. The zero-order valence-corrected chi connectivity index (χ0v) is 18.7. The molecule has 0 aliphatic carbocycles. The van der Waals surface area contributed by atoms with Crippen LogP contribution in [0.15, 0.2) is 53.3 Å². The number of benzene rings is 2. The Balaban J connectivity index is 1.44. The topological polar surface area (TPSA) is 95.1 Å². The van der Waals surface area contributed by atoms with Gasteiger partial charge in [-0.15, -0.1) is 5.10 Å². The minimum Gasteiger partial charge on any atom is -0.489 e. The summed E-state index contributed by atoms with van der Waals surface area (Å²) >= 11 is 6.19. The van der Waals surface area contributed by atoms with Gasteiger partial charge in [0.05, 0.1) is 12.1 Å². The van der Waals surface area contributed by atoms with E-state index in [1.807, 2.05) is 50.2 Å². The van der Waals surface area contributed by atoms with Crippen molar-refractivity contribution in [2.75, 3.05) is 5.32 Å². The second-order valence-corrected chi connectivity index (χ2v) is 7.90. The third kappa shape index (κ3) is 4.97. The molecule has 0 aliphatic heterocycles. The molecule has 32 heavy (non-hydrogen) atoms. The molecule has 0 radical (unpaired) electrons. The van der Waals surface area contributed by atoms with Crippen LogP contribution in [0.3, 0.4) is 0 Å². The molecule has 1 amide bonds. The van der Waals surface area contributed by atoms with Gasteiger partial charge in [0.15, 0.2) is 5.69 Å². The maximum Gasteiger partial charge on any atom is 0.280 e. The molecular weight excluding hydrogens is 430 g/mol. The summed E-state index contributed by atoms with van der Waals surface area (Å²) in [5.74, 6) is 0.909. The number of hydrogen-bond acceptors (Lipinski definition) is 6. The molecule has 0 atom stereocenters. The van der Waals surface area contributed by atoms with Gasteiger partial charge in [-0.05, 0) is 55.7 Å². The summed E-state index contributed by atoms with van der Waals surface area (Å²) in [4.78, 5) is 16.9. The predicted molar refractivity (Wildman–Crippen MR) is 120 cm³/mol. The first-order valence-electron chi connectivity index (χ1n) is 9.99. The van der Waals surface area contributed by atoms with E-state index >= 15 is 0 Å². The van der Waals surface area contributed by atoms with Crippen LogP contribution in [0.1, 0.15) is 38.5 Å². The zero-order chi connectivity index (χ0) is 22.7. The third-order valence-electron chi connectivity index (χ3n) is 4.83. The van der Waals surface area contributed by atoms with Crippen molar-refractivity contribution in [3.05, 3.63) is 87.5 Å². The van der Waals surface area contributed by atoms with Crippen molar-refractivity contribution in [2.24, 2.45) is 0 Å². The van der Waals surface area contributed by atoms with Crippen LogP contribution in [0.5, 0.6) is 5.75 Å². The van der Waals surface area contributed by atoms with Crippen molar-refractivity contribution in [1.82, 2.24) is 19.9 Å². The van der Waals surface area contributed by atoms with E-state index in [-0.39, 0.29) is 18.2 Å². The molecule has 0 spiro atoms. The van der Waals surface area contributed by atoms with Crippen LogP contribution in [0.4, 0.5) is 5.95 Å². The second-order valence-electron chi connectivity index (χ2n) is 7.49. The van der Waals surface area contributed by atoms with E-state index in [9.17, 15) is 4.79 Å². The first kappa shape index (κ1) is 21.6. The number of rotatable bonds is 7. The number of aryl methyl sites for hydroxylation is 3. The largest absolute Gasteiger partial charge is 0.489 e. The normalized spacial score (nSPS) is 10.9. The average molecular weight is 452 g/mol. The maximum atomic E-state index is 12.8. The molecule has 1 N–H and O–H groups in total. The van der Waals surface area contributed by atoms with Gasteiger partial charge in [0.2, 0.25) is 5.95 Å². The van der Waals surface area contributed by atoms with E-state index in [2.05, 4.69) is 26.6 Å². The first-order chi connectivity index (χ1) is 15.4. The molecule has 2 heterocycles. The summed E-state index contributed by atoms with van der Waals surface area (Å²) in [5, 5.41) is 11.5. The van der Waals surface area contributed by atoms with E-state index in [1.54, 1.807) is 11.6 Å². The molecule has 164 valence electrons. The van der Waals surface area contributed by atoms with Gasteiger partial charge in [0.1, 0.15) is 24.4 Å². The van der Waals surface area contributed by atoms with Gasteiger partial charge >= 0.3 is 0 Å². The van der Waals surface area contributed by atoms with Crippen molar-refractivity contribution in [1.29, 1.82) is 0 Å². The van der Waals surface area contributed by atoms with Crippen molar-refractivity contribution in [3.8, 4) is 5.75 Å². The highest BCUT2D eigenvalue weighted by Crippen LogP contribution is 2.21. The first-order valence-corrected chi connectivity index (χ1v) is 10.4. The number of aromatic nitrogens is 4. The monoisotopic (exact) mass is 451 g/mol. The molecule has 4 aromatic rings. The molecule has 0 saturated heterocycles. The Morgan fingerprint density at radius 1 is 1.16 bits per heavy atom. The molecular formula is C23H22ClN5O3. The Labute approximate surface area is 190 Å². The minimum atomic E-state index is -0.476. The second kappa shape index (κ2) is 9.23. The Morgan fingerprint density at radius 3 is 2.66 bits per heavy atom. The fourth-order valence-electron chi connectivity index (χ4n) is 3.30. The summed E-state index contributed by atoms with van der Waals surface area (Å²) < 4.78 is 12.7. The highest BCUT2D eigenvalue weighted by atomic mass is 35.5. The number of anilines is 1. The van der Waals surface area contributed by atoms with E-state index in [4.69, 9.17) is 20.9 Å². The predicted octanol–water partition coefficient (Wildman–Crippen LogP) is 4.72. The fraction of sp³-hybridized carbons (Fsp3) is 0.217. The molecule has 2 aromatic heterocycles. The third-order valence-corrected chi connectivity index (χ3v) is 5.20. The van der Waals surface area contributed by atoms with Crippen LogP contribution in [-0.4, -0.2) is 25.8 Å². The minimum absolute atomic E-state index is 0.134. The van der Waals surface area contributed by atoms with E-state index in [0.717, 1.165) is 22.4 Å². The van der Waals surface area contributed by atoms with Gasteiger partial charge in [0.25, 0.3) is 5.91 Å². The van der Waals surface area contributed by atoms with Gasteiger partial charge in [-0.25, -0.2) is 9.67 Å². The SMILES string of the molecule is Cc1cc(C)cc(OCc2c(C(=O)Nc3ncn(Cc4ccccc4Cl)n3)noc2C)c1. The summed E-state index contributed by atoms with van der Waals surface area (Å²) in [5.41, 5.74) is 3.79. The van der Waals surface area contributed by atoms with Gasteiger partial charge in [0, 0.05) is 5.02 Å². The van der Waals surface area contributed by atoms with Crippen LogP contribution < -0.4 is 10.1 Å². The Bertz CT molecular complexity index is 1240. The van der Waals surface area contributed by atoms with Gasteiger partial charge in [-0.3, -0.25) is 10.1 Å². The summed E-state index contributed by atoms with van der Waals surface area (Å²) in [6.45, 7) is 6.32. The molecule has 0 fully saturated rings. The molecule has 0 aliphatic rings.